The highest BCUT2D eigenvalue weighted by Gasteiger charge is 2.18. The summed E-state index contributed by atoms with van der Waals surface area (Å²) in [6.45, 7) is 1.64. The van der Waals surface area contributed by atoms with E-state index in [0.717, 1.165) is 0 Å². The fourth-order valence-electron chi connectivity index (χ4n) is 1.68. The molecule has 0 spiro atoms. The van der Waals surface area contributed by atoms with Crippen LogP contribution in [0.4, 0.5) is 11.4 Å². The molecule has 0 bridgehead atoms. The molecule has 0 aliphatic carbocycles. The molecule has 0 fully saturated rings. The number of halogens is 1. The largest absolute Gasteiger partial charge is 0.397 e. The maximum absolute atomic E-state index is 12.2. The van der Waals surface area contributed by atoms with Gasteiger partial charge in [-0.25, -0.2) is 0 Å². The Morgan fingerprint density at radius 2 is 2.14 bits per heavy atom. The lowest BCUT2D eigenvalue weighted by molar-refractivity contribution is -0.119. The second kappa shape index (κ2) is 5.84. The monoisotopic (exact) mass is 307 g/mol. The average Bonchev–Trinajstić information content (AvgIpc) is 2.90. The first-order valence-corrected chi connectivity index (χ1v) is 6.46. The van der Waals surface area contributed by atoms with Gasteiger partial charge in [0.25, 0.3) is 5.91 Å². The summed E-state index contributed by atoms with van der Waals surface area (Å²) in [5, 5.41) is 7.10. The number of benzene rings is 1. The first kappa shape index (κ1) is 14.9. The minimum atomic E-state index is -0.631. The van der Waals surface area contributed by atoms with E-state index in [-0.39, 0.29) is 11.5 Å². The number of primary amides is 1. The Morgan fingerprint density at radius 3 is 2.71 bits per heavy atom. The van der Waals surface area contributed by atoms with Crippen LogP contribution in [0, 0.1) is 0 Å². The van der Waals surface area contributed by atoms with Gasteiger partial charge >= 0.3 is 0 Å². The zero-order valence-electron chi connectivity index (χ0n) is 11.2. The molecule has 110 valence electrons. The van der Waals surface area contributed by atoms with E-state index in [4.69, 9.17) is 23.1 Å². The molecule has 2 rings (SSSR count). The molecule has 7 nitrogen and oxygen atoms in total. The number of aromatic nitrogens is 2. The summed E-state index contributed by atoms with van der Waals surface area (Å²) in [4.78, 5) is 23.2. The van der Waals surface area contributed by atoms with Crippen molar-refractivity contribution in [3.63, 3.8) is 0 Å². The van der Waals surface area contributed by atoms with Crippen LogP contribution in [0.25, 0.3) is 0 Å². The van der Waals surface area contributed by atoms with Gasteiger partial charge in [-0.1, -0.05) is 11.6 Å². The van der Waals surface area contributed by atoms with Gasteiger partial charge < -0.3 is 16.8 Å². The Balaban J connectivity index is 2.13. The normalized spacial score (nSPS) is 11.9. The van der Waals surface area contributed by atoms with E-state index >= 15 is 0 Å². The van der Waals surface area contributed by atoms with Gasteiger partial charge in [0, 0.05) is 11.2 Å². The average molecular weight is 308 g/mol. The van der Waals surface area contributed by atoms with Crippen molar-refractivity contribution in [3.05, 3.63) is 41.2 Å². The van der Waals surface area contributed by atoms with E-state index in [1.165, 1.54) is 17.1 Å². The summed E-state index contributed by atoms with van der Waals surface area (Å²) in [7, 11) is 0. The van der Waals surface area contributed by atoms with Crippen LogP contribution in [0.15, 0.2) is 30.6 Å². The van der Waals surface area contributed by atoms with Gasteiger partial charge in [-0.3, -0.25) is 14.3 Å². The van der Waals surface area contributed by atoms with Gasteiger partial charge in [0.2, 0.25) is 5.91 Å². The Morgan fingerprint density at radius 1 is 1.43 bits per heavy atom. The van der Waals surface area contributed by atoms with Gasteiger partial charge in [-0.2, -0.15) is 5.10 Å². The van der Waals surface area contributed by atoms with Crippen LogP contribution in [0.2, 0.25) is 5.02 Å². The predicted octanol–water partition coefficient (Wildman–Crippen LogP) is 1.42. The van der Waals surface area contributed by atoms with E-state index in [1.807, 2.05) is 0 Å². The van der Waals surface area contributed by atoms with Crippen molar-refractivity contribution in [2.75, 3.05) is 11.1 Å². The zero-order chi connectivity index (χ0) is 15.6. The standard InChI is InChI=1S/C13H14ClN5O2/c1-7(19-6-8(5-17-19)12(16)20)13(21)18-11-3-2-9(14)4-10(11)15/h2-7H,15H2,1H3,(H2,16,20)(H,18,21). The first-order chi connectivity index (χ1) is 9.88. The lowest BCUT2D eigenvalue weighted by atomic mass is 10.2. The van der Waals surface area contributed by atoms with Gasteiger partial charge in [0.05, 0.1) is 23.1 Å². The third-order valence-electron chi connectivity index (χ3n) is 2.93. The van der Waals surface area contributed by atoms with Gasteiger partial charge in [-0.15, -0.1) is 0 Å². The van der Waals surface area contributed by atoms with E-state index in [1.54, 1.807) is 25.1 Å². The van der Waals surface area contributed by atoms with E-state index in [0.29, 0.717) is 16.4 Å². The van der Waals surface area contributed by atoms with Crippen molar-refractivity contribution in [2.45, 2.75) is 13.0 Å². The zero-order valence-corrected chi connectivity index (χ0v) is 12.0. The molecule has 8 heteroatoms. The number of hydrogen-bond acceptors (Lipinski definition) is 4. The summed E-state index contributed by atoms with van der Waals surface area (Å²) >= 11 is 5.79. The molecule has 0 saturated carbocycles. The second-order valence-electron chi connectivity index (χ2n) is 4.47. The van der Waals surface area contributed by atoms with E-state index < -0.39 is 11.9 Å². The van der Waals surface area contributed by atoms with Crippen LogP contribution in [-0.4, -0.2) is 21.6 Å². The third kappa shape index (κ3) is 3.32. The number of nitrogens with two attached hydrogens (primary N) is 2. The number of nitrogens with zero attached hydrogens (tertiary/aromatic N) is 2. The number of rotatable bonds is 4. The highest BCUT2D eigenvalue weighted by Crippen LogP contribution is 2.23. The van der Waals surface area contributed by atoms with Crippen molar-refractivity contribution in [3.8, 4) is 0 Å². The fourth-order valence-corrected chi connectivity index (χ4v) is 1.86. The van der Waals surface area contributed by atoms with E-state index in [2.05, 4.69) is 10.4 Å². The van der Waals surface area contributed by atoms with E-state index in [9.17, 15) is 9.59 Å². The van der Waals surface area contributed by atoms with Crippen LogP contribution < -0.4 is 16.8 Å². The SMILES string of the molecule is CC(C(=O)Nc1ccc(Cl)cc1N)n1cc(C(N)=O)cn1. The molecule has 1 aromatic heterocycles. The van der Waals surface area contributed by atoms with Gasteiger partial charge in [0.1, 0.15) is 6.04 Å². The number of carbonyl (C=O) groups excluding carboxylic acids is 2. The van der Waals surface area contributed by atoms with Crippen LogP contribution in [0.3, 0.4) is 0 Å². The topological polar surface area (TPSA) is 116 Å². The lowest BCUT2D eigenvalue weighted by Crippen LogP contribution is -2.24. The molecule has 21 heavy (non-hydrogen) atoms. The van der Waals surface area contributed by atoms with Crippen LogP contribution in [-0.2, 0) is 4.79 Å². The minimum absolute atomic E-state index is 0.237. The van der Waals surface area contributed by atoms with Crippen molar-refractivity contribution >= 4 is 34.8 Å². The Kier molecular flexibility index (Phi) is 4.13. The predicted molar refractivity (Wildman–Crippen MR) is 80.0 cm³/mol. The van der Waals surface area contributed by atoms with Crippen LogP contribution in [0.5, 0.6) is 0 Å². The molecule has 0 radical (unpaired) electrons. The molecular formula is C13H14ClN5O2. The molecule has 1 unspecified atom stereocenters. The number of amides is 2. The van der Waals surface area contributed by atoms with Crippen LogP contribution >= 0.6 is 11.6 Å². The number of hydrogen-bond donors (Lipinski definition) is 3. The summed E-state index contributed by atoms with van der Waals surface area (Å²) < 4.78 is 1.35. The highest BCUT2D eigenvalue weighted by atomic mass is 35.5. The van der Waals surface area contributed by atoms with Crippen molar-refractivity contribution in [1.29, 1.82) is 0 Å². The smallest absolute Gasteiger partial charge is 0.251 e. The maximum Gasteiger partial charge on any atom is 0.251 e. The number of nitrogens with one attached hydrogen (secondary N) is 1. The lowest BCUT2D eigenvalue weighted by Gasteiger charge is -2.14. The van der Waals surface area contributed by atoms with Gasteiger partial charge in [0.15, 0.2) is 0 Å². The van der Waals surface area contributed by atoms with Crippen molar-refractivity contribution in [2.24, 2.45) is 5.73 Å². The number of carbonyl (C=O) groups is 2. The van der Waals surface area contributed by atoms with Crippen molar-refractivity contribution < 1.29 is 9.59 Å². The quantitative estimate of drug-likeness (QED) is 0.740. The van der Waals surface area contributed by atoms with Crippen LogP contribution in [0.1, 0.15) is 23.3 Å². The highest BCUT2D eigenvalue weighted by molar-refractivity contribution is 6.31. The molecule has 0 saturated heterocycles. The third-order valence-corrected chi connectivity index (χ3v) is 3.17. The number of nitrogen functional groups attached to an aromatic ring is 1. The molecule has 1 aromatic carbocycles. The molecule has 1 atom stereocenters. The second-order valence-corrected chi connectivity index (χ2v) is 4.91. The molecule has 2 amide bonds. The molecule has 0 aliphatic rings. The summed E-state index contributed by atoms with van der Waals surface area (Å²) in [6.07, 6.45) is 2.72. The molecule has 2 aromatic rings. The Labute approximate surface area is 125 Å². The Bertz CT molecular complexity index is 698. The molecule has 1 heterocycles. The maximum atomic E-state index is 12.2. The van der Waals surface area contributed by atoms with Crippen molar-refractivity contribution in [1.82, 2.24) is 9.78 Å². The summed E-state index contributed by atoms with van der Waals surface area (Å²) in [6, 6.07) is 4.14. The molecule has 0 aliphatic heterocycles. The summed E-state index contributed by atoms with van der Waals surface area (Å²) in [5.74, 6) is -0.932. The Hall–Kier alpha value is -2.54. The first-order valence-electron chi connectivity index (χ1n) is 6.08. The summed E-state index contributed by atoms with van der Waals surface area (Å²) in [5.41, 5.74) is 12.0. The molecule has 5 N–H and O–H groups in total. The fraction of sp³-hybridized carbons (Fsp3) is 0.154. The molecular weight excluding hydrogens is 294 g/mol. The minimum Gasteiger partial charge on any atom is -0.397 e. The number of anilines is 2. The van der Waals surface area contributed by atoms with Gasteiger partial charge in [-0.05, 0) is 25.1 Å².